The predicted molar refractivity (Wildman–Crippen MR) is 79.0 cm³/mol. The zero-order valence-corrected chi connectivity index (χ0v) is 12.1. The molecule has 19 heavy (non-hydrogen) atoms. The summed E-state index contributed by atoms with van der Waals surface area (Å²) in [5.74, 6) is 0.797. The van der Waals surface area contributed by atoms with Crippen LogP contribution in [0.1, 0.15) is 24.1 Å². The van der Waals surface area contributed by atoms with E-state index in [-0.39, 0.29) is 5.91 Å². The molecule has 0 aliphatic carbocycles. The Kier molecular flexibility index (Phi) is 5.82. The highest BCUT2D eigenvalue weighted by molar-refractivity contribution is 7.09. The SMILES string of the molecule is NCCC1CCCN(CC(=O)NCc2cccs2)C1. The fourth-order valence-corrected chi connectivity index (χ4v) is 3.27. The smallest absolute Gasteiger partial charge is 0.234 e. The Morgan fingerprint density at radius 2 is 2.47 bits per heavy atom. The van der Waals surface area contributed by atoms with Crippen molar-refractivity contribution in [1.29, 1.82) is 0 Å². The van der Waals surface area contributed by atoms with E-state index in [0.29, 0.717) is 19.0 Å². The number of carbonyl (C=O) groups excluding carboxylic acids is 1. The molecule has 3 N–H and O–H groups in total. The third kappa shape index (κ3) is 4.93. The van der Waals surface area contributed by atoms with Crippen LogP contribution in [0.15, 0.2) is 17.5 Å². The normalized spacial score (nSPS) is 20.4. The van der Waals surface area contributed by atoms with E-state index in [1.165, 1.54) is 17.7 Å². The van der Waals surface area contributed by atoms with Gasteiger partial charge in [0.25, 0.3) is 0 Å². The first-order chi connectivity index (χ1) is 9.28. The molecule has 0 bridgehead atoms. The minimum Gasteiger partial charge on any atom is -0.350 e. The number of likely N-dealkylation sites (tertiary alicyclic amines) is 1. The van der Waals surface area contributed by atoms with Crippen LogP contribution in [-0.4, -0.2) is 37.0 Å². The second kappa shape index (κ2) is 7.62. The number of rotatable bonds is 6. The lowest BCUT2D eigenvalue weighted by Crippen LogP contribution is -2.42. The van der Waals surface area contributed by atoms with Crippen molar-refractivity contribution in [1.82, 2.24) is 10.2 Å². The molecule has 1 atom stereocenters. The number of hydrogen-bond donors (Lipinski definition) is 2. The number of thiophene rings is 1. The highest BCUT2D eigenvalue weighted by atomic mass is 32.1. The molecule has 0 saturated carbocycles. The van der Waals surface area contributed by atoms with Crippen molar-refractivity contribution >= 4 is 17.2 Å². The number of piperidine rings is 1. The summed E-state index contributed by atoms with van der Waals surface area (Å²) in [5, 5.41) is 5.02. The highest BCUT2D eigenvalue weighted by Gasteiger charge is 2.20. The Labute approximate surface area is 119 Å². The second-order valence-corrected chi connectivity index (χ2v) is 6.21. The number of nitrogens with zero attached hydrogens (tertiary/aromatic N) is 1. The minimum atomic E-state index is 0.127. The van der Waals surface area contributed by atoms with Crippen LogP contribution in [-0.2, 0) is 11.3 Å². The second-order valence-electron chi connectivity index (χ2n) is 5.18. The van der Waals surface area contributed by atoms with Gasteiger partial charge in [-0.3, -0.25) is 9.69 Å². The Bertz CT molecular complexity index is 378. The molecule has 0 aromatic carbocycles. The third-order valence-corrected chi connectivity index (χ3v) is 4.46. The Morgan fingerprint density at radius 1 is 1.58 bits per heavy atom. The van der Waals surface area contributed by atoms with E-state index < -0.39 is 0 Å². The number of hydrogen-bond acceptors (Lipinski definition) is 4. The first-order valence-electron chi connectivity index (χ1n) is 6.99. The maximum Gasteiger partial charge on any atom is 0.234 e. The highest BCUT2D eigenvalue weighted by Crippen LogP contribution is 2.18. The zero-order chi connectivity index (χ0) is 13.5. The van der Waals surface area contributed by atoms with Gasteiger partial charge in [0, 0.05) is 11.4 Å². The largest absolute Gasteiger partial charge is 0.350 e. The molecule has 1 aromatic heterocycles. The molecule has 1 aliphatic rings. The molecule has 106 valence electrons. The molecule has 4 nitrogen and oxygen atoms in total. The van der Waals surface area contributed by atoms with Crippen LogP contribution in [0.2, 0.25) is 0 Å². The number of amides is 1. The van der Waals surface area contributed by atoms with Crippen molar-refractivity contribution in [2.45, 2.75) is 25.8 Å². The summed E-state index contributed by atoms with van der Waals surface area (Å²) in [5.41, 5.74) is 5.61. The summed E-state index contributed by atoms with van der Waals surface area (Å²) < 4.78 is 0. The van der Waals surface area contributed by atoms with Crippen molar-refractivity contribution < 1.29 is 4.79 Å². The summed E-state index contributed by atoms with van der Waals surface area (Å²) in [6, 6.07) is 4.05. The number of carbonyl (C=O) groups is 1. The Balaban J connectivity index is 1.69. The summed E-state index contributed by atoms with van der Waals surface area (Å²) in [4.78, 5) is 15.4. The predicted octanol–water partition coefficient (Wildman–Crippen LogP) is 1.43. The van der Waals surface area contributed by atoms with Crippen LogP contribution < -0.4 is 11.1 Å². The van der Waals surface area contributed by atoms with Gasteiger partial charge in [-0.05, 0) is 49.7 Å². The molecule has 1 aromatic rings. The fourth-order valence-electron chi connectivity index (χ4n) is 2.62. The molecule has 1 saturated heterocycles. The molecule has 2 heterocycles. The molecule has 1 aliphatic heterocycles. The molecule has 0 radical (unpaired) electrons. The Hall–Kier alpha value is -0.910. The van der Waals surface area contributed by atoms with Gasteiger partial charge in [0.2, 0.25) is 5.91 Å². The third-order valence-electron chi connectivity index (χ3n) is 3.59. The summed E-state index contributed by atoms with van der Waals surface area (Å²) in [6.45, 7) is 3.98. The molecule has 1 unspecified atom stereocenters. The van der Waals surface area contributed by atoms with Gasteiger partial charge in [0.05, 0.1) is 13.1 Å². The van der Waals surface area contributed by atoms with Gasteiger partial charge in [0.15, 0.2) is 0 Å². The lowest BCUT2D eigenvalue weighted by molar-refractivity contribution is -0.122. The average Bonchev–Trinajstić information content (AvgIpc) is 2.90. The van der Waals surface area contributed by atoms with Gasteiger partial charge >= 0.3 is 0 Å². The summed E-state index contributed by atoms with van der Waals surface area (Å²) in [6.07, 6.45) is 3.51. The summed E-state index contributed by atoms with van der Waals surface area (Å²) in [7, 11) is 0. The van der Waals surface area contributed by atoms with E-state index in [1.807, 2.05) is 17.5 Å². The number of nitrogens with two attached hydrogens (primary N) is 1. The van der Waals surface area contributed by atoms with Crippen LogP contribution in [0.3, 0.4) is 0 Å². The van der Waals surface area contributed by atoms with Crippen molar-refractivity contribution in [3.8, 4) is 0 Å². The van der Waals surface area contributed by atoms with E-state index in [1.54, 1.807) is 11.3 Å². The molecule has 2 rings (SSSR count). The van der Waals surface area contributed by atoms with Crippen molar-refractivity contribution in [3.05, 3.63) is 22.4 Å². The van der Waals surface area contributed by atoms with Crippen LogP contribution in [0.25, 0.3) is 0 Å². The minimum absolute atomic E-state index is 0.127. The van der Waals surface area contributed by atoms with E-state index in [9.17, 15) is 4.79 Å². The van der Waals surface area contributed by atoms with E-state index in [4.69, 9.17) is 5.73 Å². The lowest BCUT2D eigenvalue weighted by Gasteiger charge is -2.32. The van der Waals surface area contributed by atoms with Gasteiger partial charge in [-0.2, -0.15) is 0 Å². The topological polar surface area (TPSA) is 58.4 Å². The number of nitrogens with one attached hydrogen (secondary N) is 1. The standard InChI is InChI=1S/C14H23N3OS/c15-6-5-12-3-1-7-17(10-12)11-14(18)16-9-13-4-2-8-19-13/h2,4,8,12H,1,3,5-7,9-11,15H2,(H,16,18). The van der Waals surface area contributed by atoms with Crippen LogP contribution in [0, 0.1) is 5.92 Å². The van der Waals surface area contributed by atoms with Gasteiger partial charge in [-0.1, -0.05) is 6.07 Å². The van der Waals surface area contributed by atoms with Gasteiger partial charge < -0.3 is 11.1 Å². The monoisotopic (exact) mass is 281 g/mol. The zero-order valence-electron chi connectivity index (χ0n) is 11.3. The van der Waals surface area contributed by atoms with Gasteiger partial charge in [-0.25, -0.2) is 0 Å². The molecular formula is C14H23N3OS. The quantitative estimate of drug-likeness (QED) is 0.829. The first-order valence-corrected chi connectivity index (χ1v) is 7.87. The molecule has 5 heteroatoms. The summed E-state index contributed by atoms with van der Waals surface area (Å²) >= 11 is 1.68. The molecule has 1 amide bonds. The van der Waals surface area contributed by atoms with Crippen LogP contribution >= 0.6 is 11.3 Å². The maximum atomic E-state index is 11.9. The first kappa shape index (κ1) is 14.5. The van der Waals surface area contributed by atoms with Crippen molar-refractivity contribution in [2.75, 3.05) is 26.2 Å². The van der Waals surface area contributed by atoms with E-state index >= 15 is 0 Å². The average molecular weight is 281 g/mol. The Morgan fingerprint density at radius 3 is 3.21 bits per heavy atom. The van der Waals surface area contributed by atoms with E-state index in [0.717, 1.165) is 26.1 Å². The molecule has 1 fully saturated rings. The molecular weight excluding hydrogens is 258 g/mol. The lowest BCUT2D eigenvalue weighted by atomic mass is 9.95. The van der Waals surface area contributed by atoms with E-state index in [2.05, 4.69) is 10.2 Å². The van der Waals surface area contributed by atoms with Crippen LogP contribution in [0.5, 0.6) is 0 Å². The van der Waals surface area contributed by atoms with Gasteiger partial charge in [-0.15, -0.1) is 11.3 Å². The van der Waals surface area contributed by atoms with Crippen molar-refractivity contribution in [2.24, 2.45) is 11.7 Å². The maximum absolute atomic E-state index is 11.9. The molecule has 0 spiro atoms. The van der Waals surface area contributed by atoms with Crippen molar-refractivity contribution in [3.63, 3.8) is 0 Å². The van der Waals surface area contributed by atoms with Crippen LogP contribution in [0.4, 0.5) is 0 Å². The van der Waals surface area contributed by atoms with Gasteiger partial charge in [0.1, 0.15) is 0 Å². The fraction of sp³-hybridized carbons (Fsp3) is 0.643.